The van der Waals surface area contributed by atoms with E-state index in [0.717, 1.165) is 16.9 Å². The minimum absolute atomic E-state index is 0.314. The zero-order valence-corrected chi connectivity index (χ0v) is 17.9. The maximum atomic E-state index is 13.6. The summed E-state index contributed by atoms with van der Waals surface area (Å²) in [4.78, 5) is 17.8. The summed E-state index contributed by atoms with van der Waals surface area (Å²) in [6.45, 7) is 4.43. The van der Waals surface area contributed by atoms with Gasteiger partial charge in [-0.15, -0.1) is 0 Å². The van der Waals surface area contributed by atoms with E-state index in [1.807, 2.05) is 50.2 Å². The van der Waals surface area contributed by atoms with Gasteiger partial charge in [0.05, 0.1) is 23.0 Å². The normalized spacial score (nSPS) is 11.2. The highest BCUT2D eigenvalue weighted by Gasteiger charge is 2.21. The van der Waals surface area contributed by atoms with Crippen LogP contribution >= 0.6 is 11.3 Å². The Labute approximate surface area is 183 Å². The highest BCUT2D eigenvalue weighted by Crippen LogP contribution is 2.30. The quantitative estimate of drug-likeness (QED) is 0.284. The molecule has 31 heavy (non-hydrogen) atoms. The Balaban J connectivity index is 1.71. The SMILES string of the molecule is CCOc1ccc(/C=N/N(C(=O)c2cccc(C)c2)c2nc3ccc(F)cc3s2)cc1. The number of benzene rings is 3. The first-order valence-electron chi connectivity index (χ1n) is 9.77. The summed E-state index contributed by atoms with van der Waals surface area (Å²) in [6.07, 6.45) is 1.59. The molecular weight excluding hydrogens is 413 g/mol. The third-order valence-corrected chi connectivity index (χ3v) is 5.48. The third-order valence-electron chi connectivity index (χ3n) is 4.49. The zero-order valence-electron chi connectivity index (χ0n) is 17.1. The molecule has 1 aromatic heterocycles. The highest BCUT2D eigenvalue weighted by atomic mass is 32.1. The number of rotatable bonds is 6. The zero-order chi connectivity index (χ0) is 21.8. The summed E-state index contributed by atoms with van der Waals surface area (Å²) in [5.74, 6) is 0.100. The molecule has 0 saturated carbocycles. The van der Waals surface area contributed by atoms with Crippen molar-refractivity contribution in [3.8, 4) is 5.75 Å². The molecule has 3 aromatic carbocycles. The maximum absolute atomic E-state index is 13.6. The number of carbonyl (C=O) groups is 1. The van der Waals surface area contributed by atoms with Crippen molar-refractivity contribution >= 4 is 38.8 Å². The number of hydrogen-bond acceptors (Lipinski definition) is 5. The Morgan fingerprint density at radius 2 is 1.97 bits per heavy atom. The standard InChI is InChI=1S/C24H20FN3O2S/c1-3-30-20-10-7-17(8-11-20)15-26-28(23(29)18-6-4-5-16(2)13-18)24-27-21-12-9-19(25)14-22(21)31-24/h4-15H,3H2,1-2H3/b26-15+. The average molecular weight is 434 g/mol. The summed E-state index contributed by atoms with van der Waals surface area (Å²) in [5.41, 5.74) is 2.87. The topological polar surface area (TPSA) is 54.8 Å². The van der Waals surface area contributed by atoms with Gasteiger partial charge in [0, 0.05) is 5.56 Å². The first-order chi connectivity index (χ1) is 15.0. The molecule has 7 heteroatoms. The van der Waals surface area contributed by atoms with Gasteiger partial charge in [0.2, 0.25) is 5.13 Å². The number of hydrogen-bond donors (Lipinski definition) is 0. The van der Waals surface area contributed by atoms with Crippen LogP contribution in [0.3, 0.4) is 0 Å². The smallest absolute Gasteiger partial charge is 0.280 e. The van der Waals surface area contributed by atoms with Crippen molar-refractivity contribution in [1.29, 1.82) is 0 Å². The predicted octanol–water partition coefficient (Wildman–Crippen LogP) is 5.82. The molecule has 0 atom stereocenters. The Kier molecular flexibility index (Phi) is 6.04. The van der Waals surface area contributed by atoms with Crippen molar-refractivity contribution in [1.82, 2.24) is 4.98 Å². The number of ether oxygens (including phenoxy) is 1. The Bertz CT molecular complexity index is 1250. The molecule has 0 saturated heterocycles. The lowest BCUT2D eigenvalue weighted by Gasteiger charge is -2.14. The fourth-order valence-electron chi connectivity index (χ4n) is 3.01. The molecule has 156 valence electrons. The van der Waals surface area contributed by atoms with Gasteiger partial charge in [-0.1, -0.05) is 29.0 Å². The number of anilines is 1. The van der Waals surface area contributed by atoms with E-state index in [2.05, 4.69) is 10.1 Å². The molecule has 4 aromatic rings. The van der Waals surface area contributed by atoms with E-state index in [4.69, 9.17) is 4.74 Å². The highest BCUT2D eigenvalue weighted by molar-refractivity contribution is 7.22. The van der Waals surface area contributed by atoms with Gasteiger partial charge in [-0.2, -0.15) is 10.1 Å². The van der Waals surface area contributed by atoms with E-state index in [-0.39, 0.29) is 11.7 Å². The Morgan fingerprint density at radius 3 is 2.71 bits per heavy atom. The van der Waals surface area contributed by atoms with Gasteiger partial charge in [0.25, 0.3) is 5.91 Å². The molecule has 0 spiro atoms. The van der Waals surface area contributed by atoms with E-state index in [1.165, 1.54) is 28.5 Å². The average Bonchev–Trinajstić information content (AvgIpc) is 3.18. The van der Waals surface area contributed by atoms with Gasteiger partial charge in [-0.05, 0) is 74.0 Å². The first-order valence-corrected chi connectivity index (χ1v) is 10.6. The summed E-state index contributed by atoms with van der Waals surface area (Å²) < 4.78 is 19.7. The Morgan fingerprint density at radius 1 is 1.16 bits per heavy atom. The first kappa shape index (κ1) is 20.7. The van der Waals surface area contributed by atoms with E-state index in [9.17, 15) is 9.18 Å². The number of aromatic nitrogens is 1. The molecule has 0 aliphatic heterocycles. The third kappa shape index (κ3) is 4.78. The number of nitrogens with zero attached hydrogens (tertiary/aromatic N) is 3. The number of halogens is 1. The lowest BCUT2D eigenvalue weighted by Crippen LogP contribution is -2.25. The monoisotopic (exact) mass is 433 g/mol. The van der Waals surface area contributed by atoms with Crippen molar-refractivity contribution in [2.45, 2.75) is 13.8 Å². The number of aryl methyl sites for hydroxylation is 1. The second kappa shape index (κ2) is 9.06. The van der Waals surface area contributed by atoms with Gasteiger partial charge < -0.3 is 4.74 Å². The summed E-state index contributed by atoms with van der Waals surface area (Å²) in [7, 11) is 0. The maximum Gasteiger partial charge on any atom is 0.280 e. The molecule has 0 N–H and O–H groups in total. The molecule has 0 radical (unpaired) electrons. The molecule has 0 aliphatic carbocycles. The largest absolute Gasteiger partial charge is 0.494 e. The fraction of sp³-hybridized carbons (Fsp3) is 0.125. The van der Waals surface area contributed by atoms with Crippen molar-refractivity contribution in [2.75, 3.05) is 11.6 Å². The van der Waals surface area contributed by atoms with Crippen LogP contribution < -0.4 is 9.75 Å². The van der Waals surface area contributed by atoms with E-state index < -0.39 is 0 Å². The van der Waals surface area contributed by atoms with Crippen LogP contribution in [-0.4, -0.2) is 23.7 Å². The minimum Gasteiger partial charge on any atom is -0.494 e. The van der Waals surface area contributed by atoms with Gasteiger partial charge >= 0.3 is 0 Å². The number of fused-ring (bicyclic) bond motifs is 1. The number of hydrazone groups is 1. The van der Waals surface area contributed by atoms with Crippen LogP contribution in [0.5, 0.6) is 5.75 Å². The number of amides is 1. The molecule has 4 rings (SSSR count). The molecule has 0 bridgehead atoms. The van der Waals surface area contributed by atoms with Crippen molar-refractivity contribution in [3.63, 3.8) is 0 Å². The van der Waals surface area contributed by atoms with Gasteiger partial charge in [0.15, 0.2) is 0 Å². The summed E-state index contributed by atoms with van der Waals surface area (Å²) >= 11 is 1.21. The lowest BCUT2D eigenvalue weighted by molar-refractivity contribution is 0.0987. The van der Waals surface area contributed by atoms with Gasteiger partial charge in [-0.25, -0.2) is 9.37 Å². The lowest BCUT2D eigenvalue weighted by atomic mass is 10.1. The van der Waals surface area contributed by atoms with Crippen molar-refractivity contribution < 1.29 is 13.9 Å². The minimum atomic E-state index is -0.350. The second-order valence-corrected chi connectivity index (χ2v) is 7.85. The van der Waals surface area contributed by atoms with E-state index >= 15 is 0 Å². The molecule has 1 heterocycles. The molecule has 5 nitrogen and oxygen atoms in total. The van der Waals surface area contributed by atoms with Crippen molar-refractivity contribution in [2.24, 2.45) is 5.10 Å². The van der Waals surface area contributed by atoms with E-state index in [0.29, 0.717) is 27.5 Å². The van der Waals surface area contributed by atoms with Crippen LogP contribution in [0, 0.1) is 12.7 Å². The van der Waals surface area contributed by atoms with Crippen LogP contribution in [0.1, 0.15) is 28.4 Å². The fourth-order valence-corrected chi connectivity index (χ4v) is 3.95. The molecule has 1 amide bonds. The number of carbonyl (C=O) groups excluding carboxylic acids is 1. The van der Waals surface area contributed by atoms with Crippen LogP contribution in [-0.2, 0) is 0 Å². The predicted molar refractivity (Wildman–Crippen MR) is 123 cm³/mol. The van der Waals surface area contributed by atoms with Crippen LogP contribution in [0.25, 0.3) is 10.2 Å². The Hall–Kier alpha value is -3.58. The van der Waals surface area contributed by atoms with Gasteiger partial charge in [0.1, 0.15) is 11.6 Å². The summed E-state index contributed by atoms with van der Waals surface area (Å²) in [5, 5.41) is 6.06. The van der Waals surface area contributed by atoms with Crippen LogP contribution in [0.15, 0.2) is 71.8 Å². The van der Waals surface area contributed by atoms with Crippen LogP contribution in [0.4, 0.5) is 9.52 Å². The van der Waals surface area contributed by atoms with Crippen LogP contribution in [0.2, 0.25) is 0 Å². The molecule has 0 fully saturated rings. The van der Waals surface area contributed by atoms with Gasteiger partial charge in [-0.3, -0.25) is 4.79 Å². The molecular formula is C24H20FN3O2S. The number of thiazole rings is 1. The van der Waals surface area contributed by atoms with E-state index in [1.54, 1.807) is 24.4 Å². The second-order valence-electron chi connectivity index (χ2n) is 6.84. The van der Waals surface area contributed by atoms with Crippen molar-refractivity contribution in [3.05, 3.63) is 89.2 Å². The molecule has 0 aliphatic rings. The summed E-state index contributed by atoms with van der Waals surface area (Å²) in [6, 6.07) is 19.0. The molecule has 0 unspecified atom stereocenters.